The van der Waals surface area contributed by atoms with E-state index in [9.17, 15) is 14.4 Å². The molecular formula is C11H12N2O3. The number of fused-ring (bicyclic) bond motifs is 1. The van der Waals surface area contributed by atoms with Crippen molar-refractivity contribution >= 4 is 17.7 Å². The Kier molecular flexibility index (Phi) is 2.60. The predicted molar refractivity (Wildman–Crippen MR) is 55.9 cm³/mol. The second-order valence-electron chi connectivity index (χ2n) is 3.85. The highest BCUT2D eigenvalue weighted by Gasteiger charge is 2.42. The Bertz CT molecular complexity index is 423. The molecule has 84 valence electrons. The molecule has 0 radical (unpaired) electrons. The molecule has 3 amide bonds. The van der Waals surface area contributed by atoms with Gasteiger partial charge in [-0.15, -0.1) is 0 Å². The minimum atomic E-state index is -0.512. The number of imide groups is 1. The van der Waals surface area contributed by atoms with E-state index in [1.807, 2.05) is 6.08 Å². The van der Waals surface area contributed by atoms with E-state index in [-0.39, 0.29) is 30.7 Å². The zero-order valence-electron chi connectivity index (χ0n) is 8.68. The Morgan fingerprint density at radius 3 is 2.88 bits per heavy atom. The van der Waals surface area contributed by atoms with Crippen molar-refractivity contribution in [2.75, 3.05) is 6.54 Å². The molecule has 1 heterocycles. The van der Waals surface area contributed by atoms with E-state index in [0.717, 1.165) is 4.90 Å². The quantitative estimate of drug-likeness (QED) is 0.665. The van der Waals surface area contributed by atoms with Gasteiger partial charge in [-0.2, -0.15) is 0 Å². The third-order valence-corrected chi connectivity index (χ3v) is 2.80. The van der Waals surface area contributed by atoms with Crippen molar-refractivity contribution in [1.29, 1.82) is 0 Å². The number of nitrogens with two attached hydrogens (primary N) is 1. The minimum absolute atomic E-state index is 0.0188. The molecule has 0 aromatic rings. The summed E-state index contributed by atoms with van der Waals surface area (Å²) in [5.41, 5.74) is 5.52. The average molecular weight is 220 g/mol. The maximum atomic E-state index is 11.8. The molecule has 16 heavy (non-hydrogen) atoms. The van der Waals surface area contributed by atoms with Gasteiger partial charge < -0.3 is 5.73 Å². The molecule has 2 rings (SSSR count). The first-order valence-electron chi connectivity index (χ1n) is 5.12. The van der Waals surface area contributed by atoms with Gasteiger partial charge in [-0.3, -0.25) is 19.3 Å². The predicted octanol–water partition coefficient (Wildman–Crippen LogP) is -0.267. The second-order valence-corrected chi connectivity index (χ2v) is 3.85. The van der Waals surface area contributed by atoms with Crippen LogP contribution >= 0.6 is 0 Å². The van der Waals surface area contributed by atoms with Crippen LogP contribution in [0.3, 0.4) is 0 Å². The molecule has 0 aromatic carbocycles. The normalized spacial score (nSPS) is 23.4. The highest BCUT2D eigenvalue weighted by molar-refractivity contribution is 6.15. The molecule has 1 aliphatic carbocycles. The number of amides is 3. The monoisotopic (exact) mass is 220 g/mol. The van der Waals surface area contributed by atoms with Crippen LogP contribution in [0.1, 0.15) is 12.8 Å². The van der Waals surface area contributed by atoms with Crippen LogP contribution in [-0.4, -0.2) is 29.2 Å². The maximum Gasteiger partial charge on any atom is 0.257 e. The SMILES string of the molecule is NC(=O)CCN1C(=O)C2=CC=CCC2C1=O. The Hall–Kier alpha value is -1.91. The van der Waals surface area contributed by atoms with E-state index in [1.165, 1.54) is 0 Å². The van der Waals surface area contributed by atoms with E-state index in [1.54, 1.807) is 12.2 Å². The molecule has 0 bridgehead atoms. The van der Waals surface area contributed by atoms with Crippen molar-refractivity contribution in [3.05, 3.63) is 23.8 Å². The van der Waals surface area contributed by atoms with Gasteiger partial charge in [-0.25, -0.2) is 0 Å². The van der Waals surface area contributed by atoms with Gasteiger partial charge in [0.25, 0.3) is 5.91 Å². The molecule has 0 saturated carbocycles. The number of rotatable bonds is 3. The van der Waals surface area contributed by atoms with Crippen molar-refractivity contribution < 1.29 is 14.4 Å². The lowest BCUT2D eigenvalue weighted by Gasteiger charge is -2.12. The van der Waals surface area contributed by atoms with Gasteiger partial charge in [-0.05, 0) is 6.42 Å². The Morgan fingerprint density at radius 2 is 2.25 bits per heavy atom. The summed E-state index contributed by atoms with van der Waals surface area (Å²) < 4.78 is 0. The molecule has 5 heteroatoms. The lowest BCUT2D eigenvalue weighted by molar-refractivity contribution is -0.139. The van der Waals surface area contributed by atoms with E-state index in [0.29, 0.717) is 12.0 Å². The van der Waals surface area contributed by atoms with E-state index in [2.05, 4.69) is 0 Å². The van der Waals surface area contributed by atoms with E-state index in [4.69, 9.17) is 5.73 Å². The van der Waals surface area contributed by atoms with Crippen LogP contribution in [0.15, 0.2) is 23.8 Å². The first kappa shape index (κ1) is 10.6. The van der Waals surface area contributed by atoms with Gasteiger partial charge in [-0.1, -0.05) is 18.2 Å². The number of carbonyl (C=O) groups excluding carboxylic acids is 3. The minimum Gasteiger partial charge on any atom is -0.370 e. The van der Waals surface area contributed by atoms with Crippen molar-refractivity contribution in [1.82, 2.24) is 4.90 Å². The Balaban J connectivity index is 2.15. The molecule has 5 nitrogen and oxygen atoms in total. The summed E-state index contributed by atoms with van der Waals surface area (Å²) in [6.45, 7) is 0.0842. The smallest absolute Gasteiger partial charge is 0.257 e. The van der Waals surface area contributed by atoms with Crippen molar-refractivity contribution in [2.24, 2.45) is 11.7 Å². The molecule has 1 saturated heterocycles. The lowest BCUT2D eigenvalue weighted by Crippen LogP contribution is -2.33. The van der Waals surface area contributed by atoms with Crippen LogP contribution in [0.4, 0.5) is 0 Å². The number of hydrogen-bond acceptors (Lipinski definition) is 3. The summed E-state index contributed by atoms with van der Waals surface area (Å²) in [7, 11) is 0. The number of carbonyl (C=O) groups is 3. The molecule has 2 aliphatic rings. The van der Waals surface area contributed by atoms with Crippen LogP contribution in [0.25, 0.3) is 0 Å². The van der Waals surface area contributed by atoms with Gasteiger partial charge in [0.15, 0.2) is 0 Å². The summed E-state index contributed by atoms with van der Waals surface area (Å²) in [4.78, 5) is 35.4. The number of nitrogens with zero attached hydrogens (tertiary/aromatic N) is 1. The average Bonchev–Trinajstić information content (AvgIpc) is 2.50. The second kappa shape index (κ2) is 3.92. The summed E-state index contributed by atoms with van der Waals surface area (Å²) in [6, 6.07) is 0. The summed E-state index contributed by atoms with van der Waals surface area (Å²) in [6.07, 6.45) is 5.87. The first-order chi connectivity index (χ1) is 7.61. The van der Waals surface area contributed by atoms with E-state index >= 15 is 0 Å². The highest BCUT2D eigenvalue weighted by atomic mass is 16.2. The number of allylic oxidation sites excluding steroid dienone is 3. The van der Waals surface area contributed by atoms with E-state index < -0.39 is 5.91 Å². The van der Waals surface area contributed by atoms with Gasteiger partial charge >= 0.3 is 0 Å². The summed E-state index contributed by atoms with van der Waals surface area (Å²) in [5.74, 6) is -1.38. The molecule has 0 spiro atoms. The molecule has 0 aromatic heterocycles. The van der Waals surface area contributed by atoms with Crippen LogP contribution in [0, 0.1) is 5.92 Å². The standard InChI is InChI=1S/C11H12N2O3/c12-9(14)5-6-13-10(15)7-3-1-2-4-8(7)11(13)16/h1-3,8H,4-6H2,(H2,12,14). The highest BCUT2D eigenvalue weighted by Crippen LogP contribution is 2.31. The van der Waals surface area contributed by atoms with Crippen molar-refractivity contribution in [3.63, 3.8) is 0 Å². The van der Waals surface area contributed by atoms with Crippen LogP contribution in [0.5, 0.6) is 0 Å². The third kappa shape index (κ3) is 1.64. The zero-order chi connectivity index (χ0) is 11.7. The number of likely N-dealkylation sites (tertiary alicyclic amines) is 1. The van der Waals surface area contributed by atoms with Gasteiger partial charge in [0, 0.05) is 18.5 Å². The number of primary amides is 1. The Labute approximate surface area is 92.6 Å². The zero-order valence-corrected chi connectivity index (χ0v) is 8.68. The summed E-state index contributed by atoms with van der Waals surface area (Å²) in [5, 5.41) is 0. The lowest BCUT2D eigenvalue weighted by atomic mass is 9.94. The van der Waals surface area contributed by atoms with Crippen molar-refractivity contribution in [3.8, 4) is 0 Å². The first-order valence-corrected chi connectivity index (χ1v) is 5.12. The number of hydrogen-bond donors (Lipinski definition) is 1. The largest absolute Gasteiger partial charge is 0.370 e. The fourth-order valence-electron chi connectivity index (χ4n) is 1.96. The maximum absolute atomic E-state index is 11.8. The molecule has 1 atom stereocenters. The molecular weight excluding hydrogens is 208 g/mol. The molecule has 2 N–H and O–H groups in total. The Morgan fingerprint density at radius 1 is 1.50 bits per heavy atom. The molecule has 1 unspecified atom stereocenters. The van der Waals surface area contributed by atoms with Crippen LogP contribution < -0.4 is 5.73 Å². The van der Waals surface area contributed by atoms with Gasteiger partial charge in [0.1, 0.15) is 0 Å². The third-order valence-electron chi connectivity index (χ3n) is 2.80. The molecule has 1 aliphatic heterocycles. The van der Waals surface area contributed by atoms with Crippen LogP contribution in [-0.2, 0) is 14.4 Å². The molecule has 1 fully saturated rings. The topological polar surface area (TPSA) is 80.5 Å². The van der Waals surface area contributed by atoms with Gasteiger partial charge in [0.2, 0.25) is 11.8 Å². The fraction of sp³-hybridized carbons (Fsp3) is 0.364. The fourth-order valence-corrected chi connectivity index (χ4v) is 1.96. The summed E-state index contributed by atoms with van der Waals surface area (Å²) >= 11 is 0. The van der Waals surface area contributed by atoms with Crippen LogP contribution in [0.2, 0.25) is 0 Å². The van der Waals surface area contributed by atoms with Gasteiger partial charge in [0.05, 0.1) is 5.92 Å². The van der Waals surface area contributed by atoms with Crippen molar-refractivity contribution in [2.45, 2.75) is 12.8 Å².